The summed E-state index contributed by atoms with van der Waals surface area (Å²) in [6.07, 6.45) is 3.34. The Hall–Kier alpha value is -3.46. The normalized spacial score (nSPS) is 11.4. The van der Waals surface area contributed by atoms with Gasteiger partial charge in [0, 0.05) is 38.2 Å². The molecule has 35 heavy (non-hydrogen) atoms. The largest absolute Gasteiger partial charge is 0.399 e. The van der Waals surface area contributed by atoms with E-state index in [0.717, 1.165) is 29.3 Å². The van der Waals surface area contributed by atoms with Crippen LogP contribution >= 0.6 is 0 Å². The first kappa shape index (κ1) is 33.7. The monoisotopic (exact) mass is 504 g/mol. The summed E-state index contributed by atoms with van der Waals surface area (Å²) < 4.78 is 25.3. The molecule has 0 aromatic heterocycles. The van der Waals surface area contributed by atoms with Gasteiger partial charge < -0.3 is 16.4 Å². The highest BCUT2D eigenvalue weighted by Crippen LogP contribution is 2.26. The number of nitrogens with zero attached hydrogens (tertiary/aromatic N) is 3. The zero-order valence-corrected chi connectivity index (χ0v) is 22.8. The number of anilines is 2. The molecule has 194 valence electrons. The van der Waals surface area contributed by atoms with Crippen LogP contribution in [0.1, 0.15) is 20.8 Å². The lowest BCUT2D eigenvalue weighted by Gasteiger charge is -2.21. The molecule has 0 aliphatic heterocycles. The van der Waals surface area contributed by atoms with Crippen LogP contribution in [0.2, 0.25) is 0 Å². The van der Waals surface area contributed by atoms with Gasteiger partial charge in [-0.25, -0.2) is 8.60 Å². The van der Waals surface area contributed by atoms with Crippen molar-refractivity contribution >= 4 is 34.0 Å². The Labute approximate surface area is 213 Å². The third kappa shape index (κ3) is 15.9. The van der Waals surface area contributed by atoms with Gasteiger partial charge in [0.2, 0.25) is 0 Å². The first-order valence-corrected chi connectivity index (χ1v) is 12.2. The summed E-state index contributed by atoms with van der Waals surface area (Å²) in [6.45, 7) is 24.1. The fourth-order valence-electron chi connectivity index (χ4n) is 2.05. The first-order valence-electron chi connectivity index (χ1n) is 10.7. The molecule has 0 heterocycles. The number of hydrogen-bond donors (Lipinski definition) is 3. The Morgan fingerprint density at radius 1 is 1.23 bits per heavy atom. The SMILES string of the molecule is C=C(F)CN=C(C)NCC.C=C(N)C(=C)C(=NC)Nc1ccccc1N(C)S(C)=O.C=CC(=C)C. The maximum atomic E-state index is 12.0. The predicted molar refractivity (Wildman–Crippen MR) is 155 cm³/mol. The molecule has 7 nitrogen and oxygen atoms in total. The number of nitrogens with two attached hydrogens (primary N) is 1. The number of para-hydroxylation sites is 2. The van der Waals surface area contributed by atoms with Crippen LogP contribution in [-0.2, 0) is 11.0 Å². The van der Waals surface area contributed by atoms with Gasteiger partial charge in [-0.1, -0.05) is 56.7 Å². The molecule has 0 spiro atoms. The maximum absolute atomic E-state index is 12.0. The second-order valence-corrected chi connectivity index (χ2v) is 8.53. The molecule has 0 fully saturated rings. The molecular weight excluding hydrogens is 463 g/mol. The average molecular weight is 505 g/mol. The Bertz CT molecular complexity index is 968. The predicted octanol–water partition coefficient (Wildman–Crippen LogP) is 5.13. The Kier molecular flexibility index (Phi) is 18.2. The zero-order chi connectivity index (χ0) is 27.6. The van der Waals surface area contributed by atoms with E-state index in [1.165, 1.54) is 0 Å². The van der Waals surface area contributed by atoms with Crippen LogP contribution in [0.5, 0.6) is 0 Å². The number of allylic oxidation sites excluding steroid dienone is 2. The molecule has 0 aliphatic rings. The molecule has 0 amide bonds. The minimum absolute atomic E-state index is 0.0683. The molecule has 0 aliphatic carbocycles. The van der Waals surface area contributed by atoms with Crippen molar-refractivity contribution in [2.75, 3.05) is 43.1 Å². The summed E-state index contributed by atoms with van der Waals surface area (Å²) in [4.78, 5) is 7.96. The maximum Gasteiger partial charge on any atom is 0.133 e. The second kappa shape index (κ2) is 18.9. The summed E-state index contributed by atoms with van der Waals surface area (Å²) in [5.41, 5.74) is 9.10. The molecule has 4 N–H and O–H groups in total. The second-order valence-electron chi connectivity index (χ2n) is 7.14. The van der Waals surface area contributed by atoms with Crippen molar-refractivity contribution in [3.05, 3.63) is 85.9 Å². The molecule has 0 saturated carbocycles. The molecule has 1 rings (SSSR count). The van der Waals surface area contributed by atoms with Crippen LogP contribution in [0.3, 0.4) is 0 Å². The lowest BCUT2D eigenvalue weighted by molar-refractivity contribution is 0.623. The van der Waals surface area contributed by atoms with E-state index in [-0.39, 0.29) is 6.54 Å². The van der Waals surface area contributed by atoms with Crippen molar-refractivity contribution in [1.29, 1.82) is 0 Å². The topological polar surface area (TPSA) is 95.1 Å². The third-order valence-corrected chi connectivity index (χ3v) is 5.02. The summed E-state index contributed by atoms with van der Waals surface area (Å²) in [5, 5.41) is 6.09. The number of rotatable bonds is 9. The van der Waals surface area contributed by atoms with Crippen molar-refractivity contribution in [2.45, 2.75) is 20.8 Å². The minimum atomic E-state index is -1.12. The van der Waals surface area contributed by atoms with E-state index < -0.39 is 16.8 Å². The molecule has 1 atom stereocenters. The first-order chi connectivity index (χ1) is 16.3. The fourth-order valence-corrected chi connectivity index (χ4v) is 2.49. The van der Waals surface area contributed by atoms with Crippen molar-refractivity contribution in [1.82, 2.24) is 5.32 Å². The molecule has 0 radical (unpaired) electrons. The molecule has 1 aromatic rings. The van der Waals surface area contributed by atoms with Gasteiger partial charge in [-0.3, -0.25) is 14.3 Å². The van der Waals surface area contributed by atoms with Gasteiger partial charge in [-0.2, -0.15) is 0 Å². The van der Waals surface area contributed by atoms with Gasteiger partial charge in [-0.15, -0.1) is 0 Å². The van der Waals surface area contributed by atoms with Crippen LogP contribution in [0.25, 0.3) is 0 Å². The molecule has 1 unspecified atom stereocenters. The van der Waals surface area contributed by atoms with Crippen LogP contribution in [0.15, 0.2) is 95.9 Å². The van der Waals surface area contributed by atoms with Gasteiger partial charge in [0.15, 0.2) is 0 Å². The van der Waals surface area contributed by atoms with Crippen molar-refractivity contribution < 1.29 is 8.60 Å². The summed E-state index contributed by atoms with van der Waals surface area (Å²) >= 11 is 0. The van der Waals surface area contributed by atoms with Crippen LogP contribution in [0, 0.1) is 0 Å². The quantitative estimate of drug-likeness (QED) is 0.247. The molecule has 0 saturated heterocycles. The van der Waals surface area contributed by atoms with Gasteiger partial charge in [-0.05, 0) is 32.9 Å². The number of aliphatic imine (C=N–C) groups is 2. The van der Waals surface area contributed by atoms with Crippen LogP contribution in [0.4, 0.5) is 15.8 Å². The summed E-state index contributed by atoms with van der Waals surface area (Å²) in [5.74, 6) is 0.874. The van der Waals surface area contributed by atoms with Crippen molar-refractivity contribution in [3.8, 4) is 0 Å². The number of halogens is 1. The molecule has 0 bridgehead atoms. The Balaban J connectivity index is 0. The number of hydrogen-bond acceptors (Lipinski definition) is 4. The van der Waals surface area contributed by atoms with Gasteiger partial charge in [0.1, 0.15) is 22.6 Å². The lowest BCUT2D eigenvalue weighted by atomic mass is 10.2. The van der Waals surface area contributed by atoms with E-state index in [0.29, 0.717) is 17.1 Å². The van der Waals surface area contributed by atoms with E-state index in [4.69, 9.17) is 5.73 Å². The summed E-state index contributed by atoms with van der Waals surface area (Å²) in [6, 6.07) is 7.50. The van der Waals surface area contributed by atoms with Gasteiger partial charge in [0.05, 0.1) is 23.8 Å². The van der Waals surface area contributed by atoms with E-state index in [2.05, 4.69) is 53.5 Å². The summed E-state index contributed by atoms with van der Waals surface area (Å²) in [7, 11) is 2.28. The lowest BCUT2D eigenvalue weighted by Crippen LogP contribution is -2.23. The minimum Gasteiger partial charge on any atom is -0.399 e. The van der Waals surface area contributed by atoms with E-state index >= 15 is 0 Å². The third-order valence-electron chi connectivity index (χ3n) is 4.05. The fraction of sp³-hybridized carbons (Fsp3) is 0.308. The van der Waals surface area contributed by atoms with E-state index in [9.17, 15) is 8.60 Å². The van der Waals surface area contributed by atoms with Crippen LogP contribution in [-0.4, -0.2) is 49.3 Å². The zero-order valence-electron chi connectivity index (χ0n) is 21.9. The van der Waals surface area contributed by atoms with Crippen molar-refractivity contribution in [3.63, 3.8) is 0 Å². The Morgan fingerprint density at radius 3 is 2.17 bits per heavy atom. The highest BCUT2D eigenvalue weighted by Gasteiger charge is 2.12. The van der Waals surface area contributed by atoms with Crippen molar-refractivity contribution in [2.24, 2.45) is 15.7 Å². The number of benzene rings is 1. The molecule has 1 aromatic carbocycles. The molecule has 9 heteroatoms. The van der Waals surface area contributed by atoms with E-state index in [1.807, 2.05) is 38.1 Å². The smallest absolute Gasteiger partial charge is 0.133 e. The number of amidine groups is 2. The van der Waals surface area contributed by atoms with Crippen LogP contribution < -0.4 is 20.7 Å². The highest BCUT2D eigenvalue weighted by atomic mass is 32.2. The number of nitrogens with one attached hydrogen (secondary N) is 2. The van der Waals surface area contributed by atoms with Gasteiger partial charge >= 0.3 is 0 Å². The standard InChI is InChI=1S/C14H20N4OS.C7H13FN2.C5H8/c1-10(11(2)15)14(16-3)17-12-8-6-7-9-13(12)18(4)20(5)19;1-4-9-7(3)10-5-6(2)8;1-4-5(2)3/h6-9H,1-2,15H2,3-5H3,(H,16,17);2,4-5H2,1,3H3,(H,9,10);4H,1-2H2,3H3. The average Bonchev–Trinajstić information content (AvgIpc) is 2.81. The highest BCUT2D eigenvalue weighted by molar-refractivity contribution is 7.85. The van der Waals surface area contributed by atoms with Gasteiger partial charge in [0.25, 0.3) is 0 Å². The molecular formula is C26H41FN6OS. The van der Waals surface area contributed by atoms with E-state index in [1.54, 1.807) is 37.7 Å². The Morgan fingerprint density at radius 2 is 1.77 bits per heavy atom.